The first-order valence-electron chi connectivity index (χ1n) is 12.0. The van der Waals surface area contributed by atoms with Gasteiger partial charge in [0, 0.05) is 31.0 Å². The van der Waals surface area contributed by atoms with Crippen molar-refractivity contribution in [2.45, 2.75) is 92.4 Å². The van der Waals surface area contributed by atoms with Crippen LogP contribution in [0.15, 0.2) is 23.3 Å². The van der Waals surface area contributed by atoms with E-state index >= 15 is 0 Å². The quantitative estimate of drug-likeness (QED) is 0.401. The number of unbranched alkanes of at least 4 members (excludes halogenated alkanes) is 3. The van der Waals surface area contributed by atoms with Crippen molar-refractivity contribution in [2.75, 3.05) is 13.1 Å². The Balaban J connectivity index is 1.77. The summed E-state index contributed by atoms with van der Waals surface area (Å²) in [7, 11) is 0. The summed E-state index contributed by atoms with van der Waals surface area (Å²) in [6.45, 7) is 12.5. The predicted octanol–water partition coefficient (Wildman–Crippen LogP) is 6.34. The molecule has 0 radical (unpaired) electrons. The molecule has 1 atom stereocenters. The summed E-state index contributed by atoms with van der Waals surface area (Å²) in [6.07, 6.45) is 14.1. The number of rotatable bonds is 10. The molecule has 0 aromatic heterocycles. The molecule has 3 heteroatoms. The van der Waals surface area contributed by atoms with Crippen molar-refractivity contribution >= 4 is 11.7 Å². The molecule has 0 bridgehead atoms. The van der Waals surface area contributed by atoms with E-state index in [1.54, 1.807) is 0 Å². The second kappa shape index (κ2) is 11.7. The molecule has 1 amide bonds. The molecule has 1 fully saturated rings. The third-order valence-electron chi connectivity index (χ3n) is 6.63. The van der Waals surface area contributed by atoms with E-state index in [1.165, 1.54) is 31.3 Å². The van der Waals surface area contributed by atoms with Gasteiger partial charge in [-0.3, -0.25) is 9.59 Å². The summed E-state index contributed by atoms with van der Waals surface area (Å²) < 4.78 is 0. The SMILES string of the molecule is CC(C)CCCCCCC(=O)N1CCC(C2=CC(C(=O)C(C)C)=CCC2C)CC1. The Labute approximate surface area is 179 Å². The van der Waals surface area contributed by atoms with E-state index in [1.807, 2.05) is 13.8 Å². The first-order valence-corrected chi connectivity index (χ1v) is 12.0. The van der Waals surface area contributed by atoms with Crippen LogP contribution in [0.3, 0.4) is 0 Å². The van der Waals surface area contributed by atoms with Gasteiger partial charge in [-0.1, -0.05) is 78.0 Å². The molecule has 164 valence electrons. The first-order chi connectivity index (χ1) is 13.8. The summed E-state index contributed by atoms with van der Waals surface area (Å²) in [6, 6.07) is 0. The summed E-state index contributed by atoms with van der Waals surface area (Å²) in [5.74, 6) is 2.47. The van der Waals surface area contributed by atoms with Crippen molar-refractivity contribution in [3.05, 3.63) is 23.3 Å². The van der Waals surface area contributed by atoms with E-state index in [0.29, 0.717) is 24.2 Å². The molecule has 1 aliphatic heterocycles. The Morgan fingerprint density at radius 1 is 1.03 bits per heavy atom. The number of hydrogen-bond acceptors (Lipinski definition) is 2. The highest BCUT2D eigenvalue weighted by Gasteiger charge is 2.29. The van der Waals surface area contributed by atoms with Gasteiger partial charge in [-0.05, 0) is 43.4 Å². The summed E-state index contributed by atoms with van der Waals surface area (Å²) >= 11 is 0. The largest absolute Gasteiger partial charge is 0.343 e. The second-order valence-corrected chi connectivity index (χ2v) is 9.96. The van der Waals surface area contributed by atoms with Crippen LogP contribution in [0.1, 0.15) is 92.4 Å². The number of amides is 1. The molecule has 1 unspecified atom stereocenters. The van der Waals surface area contributed by atoms with Crippen molar-refractivity contribution in [1.82, 2.24) is 4.90 Å². The van der Waals surface area contributed by atoms with Gasteiger partial charge in [0.1, 0.15) is 0 Å². The third kappa shape index (κ3) is 7.42. The Bertz CT molecular complexity index is 606. The predicted molar refractivity (Wildman–Crippen MR) is 122 cm³/mol. The molecule has 29 heavy (non-hydrogen) atoms. The number of ketones is 1. The number of carbonyl (C=O) groups excluding carboxylic acids is 2. The zero-order valence-corrected chi connectivity index (χ0v) is 19.5. The molecule has 0 N–H and O–H groups in total. The Morgan fingerprint density at radius 2 is 1.69 bits per heavy atom. The van der Waals surface area contributed by atoms with Crippen molar-refractivity contribution in [3.63, 3.8) is 0 Å². The van der Waals surface area contributed by atoms with E-state index in [9.17, 15) is 9.59 Å². The number of piperidine rings is 1. The highest BCUT2D eigenvalue weighted by atomic mass is 16.2. The third-order valence-corrected chi connectivity index (χ3v) is 6.63. The van der Waals surface area contributed by atoms with Crippen LogP contribution in [0.25, 0.3) is 0 Å². The van der Waals surface area contributed by atoms with Gasteiger partial charge >= 0.3 is 0 Å². The minimum absolute atomic E-state index is 0.0528. The van der Waals surface area contributed by atoms with Gasteiger partial charge in [-0.15, -0.1) is 0 Å². The van der Waals surface area contributed by atoms with Gasteiger partial charge in [0.15, 0.2) is 5.78 Å². The van der Waals surface area contributed by atoms with Crippen LogP contribution in [0.2, 0.25) is 0 Å². The van der Waals surface area contributed by atoms with Crippen molar-refractivity contribution in [2.24, 2.45) is 23.7 Å². The lowest BCUT2D eigenvalue weighted by Crippen LogP contribution is -2.39. The first kappa shape index (κ1) is 23.9. The molecule has 1 heterocycles. The van der Waals surface area contributed by atoms with Gasteiger partial charge in [-0.25, -0.2) is 0 Å². The molecule has 0 aromatic carbocycles. The maximum absolute atomic E-state index is 12.6. The molecule has 1 saturated heterocycles. The van der Waals surface area contributed by atoms with Crippen molar-refractivity contribution in [3.8, 4) is 0 Å². The topological polar surface area (TPSA) is 37.4 Å². The van der Waals surface area contributed by atoms with Gasteiger partial charge in [0.2, 0.25) is 5.91 Å². The molecule has 1 aliphatic carbocycles. The number of nitrogens with zero attached hydrogens (tertiary/aromatic N) is 1. The van der Waals surface area contributed by atoms with E-state index in [4.69, 9.17) is 0 Å². The lowest BCUT2D eigenvalue weighted by molar-refractivity contribution is -0.132. The fraction of sp³-hybridized carbons (Fsp3) is 0.769. The standard InChI is InChI=1S/C26H43NO2/c1-19(2)10-8-6-7-9-11-25(28)27-16-14-22(15-17-27)24-18-23(13-12-21(24)5)26(29)20(3)4/h13,18-22H,6-12,14-17H2,1-5H3. The maximum Gasteiger partial charge on any atom is 0.222 e. The molecular weight excluding hydrogens is 358 g/mol. The van der Waals surface area contributed by atoms with E-state index < -0.39 is 0 Å². The Hall–Kier alpha value is -1.38. The molecule has 2 rings (SSSR count). The number of Topliss-reactive ketones (excluding diaryl/α,β-unsaturated/α-hetero) is 1. The van der Waals surface area contributed by atoms with Gasteiger partial charge in [0.05, 0.1) is 0 Å². The summed E-state index contributed by atoms with van der Waals surface area (Å²) in [4.78, 5) is 27.0. The Morgan fingerprint density at radius 3 is 2.31 bits per heavy atom. The summed E-state index contributed by atoms with van der Waals surface area (Å²) in [5, 5.41) is 0. The average Bonchev–Trinajstić information content (AvgIpc) is 2.70. The second-order valence-electron chi connectivity index (χ2n) is 9.96. The zero-order chi connectivity index (χ0) is 21.4. The van der Waals surface area contributed by atoms with E-state index in [0.717, 1.165) is 50.3 Å². The Kier molecular flexibility index (Phi) is 9.65. The van der Waals surface area contributed by atoms with Crippen LogP contribution >= 0.6 is 0 Å². The molecule has 2 aliphatic rings. The molecular formula is C26H43NO2. The maximum atomic E-state index is 12.6. The minimum Gasteiger partial charge on any atom is -0.343 e. The van der Waals surface area contributed by atoms with Crippen LogP contribution in [-0.2, 0) is 9.59 Å². The number of allylic oxidation sites excluding steroid dienone is 4. The monoisotopic (exact) mass is 401 g/mol. The highest BCUT2D eigenvalue weighted by Crippen LogP contribution is 2.35. The van der Waals surface area contributed by atoms with Gasteiger partial charge in [0.25, 0.3) is 0 Å². The molecule has 0 aromatic rings. The number of likely N-dealkylation sites (tertiary alicyclic amines) is 1. The van der Waals surface area contributed by atoms with Crippen LogP contribution in [-0.4, -0.2) is 29.7 Å². The van der Waals surface area contributed by atoms with Crippen LogP contribution in [0.5, 0.6) is 0 Å². The number of carbonyl (C=O) groups is 2. The van der Waals surface area contributed by atoms with Gasteiger partial charge < -0.3 is 4.90 Å². The van der Waals surface area contributed by atoms with Crippen LogP contribution in [0.4, 0.5) is 0 Å². The van der Waals surface area contributed by atoms with E-state index in [2.05, 4.69) is 37.8 Å². The molecule has 3 nitrogen and oxygen atoms in total. The fourth-order valence-electron chi connectivity index (χ4n) is 4.65. The molecule has 0 spiro atoms. The van der Waals surface area contributed by atoms with Crippen LogP contribution in [0, 0.1) is 23.7 Å². The van der Waals surface area contributed by atoms with Crippen molar-refractivity contribution in [1.29, 1.82) is 0 Å². The fourth-order valence-corrected chi connectivity index (χ4v) is 4.65. The average molecular weight is 402 g/mol. The smallest absolute Gasteiger partial charge is 0.222 e. The van der Waals surface area contributed by atoms with E-state index in [-0.39, 0.29) is 11.7 Å². The minimum atomic E-state index is 0.0528. The molecule has 0 saturated carbocycles. The van der Waals surface area contributed by atoms with Gasteiger partial charge in [-0.2, -0.15) is 0 Å². The number of hydrogen-bond donors (Lipinski definition) is 0. The lowest BCUT2D eigenvalue weighted by atomic mass is 9.77. The van der Waals surface area contributed by atoms with Crippen molar-refractivity contribution < 1.29 is 9.59 Å². The zero-order valence-electron chi connectivity index (χ0n) is 19.5. The van der Waals surface area contributed by atoms with Crippen LogP contribution < -0.4 is 0 Å². The summed E-state index contributed by atoms with van der Waals surface area (Å²) in [5.41, 5.74) is 2.35. The normalized spacial score (nSPS) is 20.8. The lowest BCUT2D eigenvalue weighted by Gasteiger charge is -2.36. The highest BCUT2D eigenvalue weighted by molar-refractivity contribution is 5.99.